The number of amides is 1. The van der Waals surface area contributed by atoms with Crippen LogP contribution in [0.1, 0.15) is 44.9 Å². The molecule has 2 aliphatic rings. The van der Waals surface area contributed by atoms with Gasteiger partial charge in [-0.3, -0.25) is 4.79 Å². The lowest BCUT2D eigenvalue weighted by molar-refractivity contribution is -0.131. The van der Waals surface area contributed by atoms with Crippen molar-refractivity contribution in [1.82, 2.24) is 10.2 Å². The molecule has 1 saturated carbocycles. The molecule has 2 fully saturated rings. The minimum absolute atomic E-state index is 0.352. The van der Waals surface area contributed by atoms with Gasteiger partial charge in [-0.25, -0.2) is 0 Å². The first-order chi connectivity index (χ1) is 8.25. The molecule has 0 bridgehead atoms. The van der Waals surface area contributed by atoms with E-state index in [2.05, 4.69) is 5.32 Å². The van der Waals surface area contributed by atoms with Gasteiger partial charge in [-0.15, -0.1) is 0 Å². The van der Waals surface area contributed by atoms with Crippen molar-refractivity contribution in [2.75, 3.05) is 26.7 Å². The van der Waals surface area contributed by atoms with Gasteiger partial charge >= 0.3 is 0 Å². The van der Waals surface area contributed by atoms with Crippen LogP contribution >= 0.6 is 0 Å². The van der Waals surface area contributed by atoms with E-state index in [1.54, 1.807) is 0 Å². The van der Waals surface area contributed by atoms with Crippen LogP contribution in [0.3, 0.4) is 0 Å². The zero-order valence-electron chi connectivity index (χ0n) is 11.1. The molecule has 0 aromatic heterocycles. The topological polar surface area (TPSA) is 32.3 Å². The molecule has 0 radical (unpaired) electrons. The first-order valence-electron chi connectivity index (χ1n) is 7.20. The fourth-order valence-electron chi connectivity index (χ4n) is 3.18. The average Bonchev–Trinajstić information content (AvgIpc) is 2.83. The van der Waals surface area contributed by atoms with Crippen LogP contribution in [0.5, 0.6) is 0 Å². The van der Waals surface area contributed by atoms with Crippen LogP contribution in [0.2, 0.25) is 0 Å². The van der Waals surface area contributed by atoms with Gasteiger partial charge in [-0.2, -0.15) is 0 Å². The van der Waals surface area contributed by atoms with Crippen LogP contribution < -0.4 is 5.32 Å². The van der Waals surface area contributed by atoms with Gasteiger partial charge in [-0.05, 0) is 50.6 Å². The number of nitrogens with one attached hydrogen (secondary N) is 1. The Kier molecular flexibility index (Phi) is 4.84. The lowest BCUT2D eigenvalue weighted by Crippen LogP contribution is -2.36. The number of rotatable bonds is 4. The maximum Gasteiger partial charge on any atom is 0.222 e. The van der Waals surface area contributed by atoms with Crippen LogP contribution in [0, 0.1) is 11.8 Å². The van der Waals surface area contributed by atoms with Gasteiger partial charge in [0.15, 0.2) is 0 Å². The molecule has 1 amide bonds. The van der Waals surface area contributed by atoms with Gasteiger partial charge in [0, 0.05) is 20.0 Å². The average molecular weight is 238 g/mol. The number of nitrogens with zero attached hydrogens (tertiary/aromatic N) is 1. The smallest absolute Gasteiger partial charge is 0.222 e. The van der Waals surface area contributed by atoms with Crippen molar-refractivity contribution < 1.29 is 4.79 Å². The monoisotopic (exact) mass is 238 g/mol. The van der Waals surface area contributed by atoms with E-state index in [9.17, 15) is 4.79 Å². The normalized spacial score (nSPS) is 26.1. The second-order valence-corrected chi connectivity index (χ2v) is 5.84. The Labute approximate surface area is 105 Å². The van der Waals surface area contributed by atoms with Crippen molar-refractivity contribution in [2.45, 2.75) is 44.9 Å². The third kappa shape index (κ3) is 3.98. The molecule has 17 heavy (non-hydrogen) atoms. The SMILES string of the molecule is CN(CC1CCCC1)C(=O)CC1CCCNC1. The second-order valence-electron chi connectivity index (χ2n) is 5.84. The molecule has 3 nitrogen and oxygen atoms in total. The van der Waals surface area contributed by atoms with Crippen LogP contribution in [0.4, 0.5) is 0 Å². The molecule has 0 aromatic rings. The largest absolute Gasteiger partial charge is 0.345 e. The highest BCUT2D eigenvalue weighted by atomic mass is 16.2. The summed E-state index contributed by atoms with van der Waals surface area (Å²) in [5, 5.41) is 3.38. The van der Waals surface area contributed by atoms with Gasteiger partial charge in [0.25, 0.3) is 0 Å². The van der Waals surface area contributed by atoms with Crippen LogP contribution in [-0.2, 0) is 4.79 Å². The summed E-state index contributed by atoms with van der Waals surface area (Å²) in [5.74, 6) is 1.70. The number of carbonyl (C=O) groups excluding carboxylic acids is 1. The lowest BCUT2D eigenvalue weighted by atomic mass is 9.95. The Hall–Kier alpha value is -0.570. The predicted octanol–water partition coefficient (Wildman–Crippen LogP) is 2.02. The summed E-state index contributed by atoms with van der Waals surface area (Å²) in [7, 11) is 1.98. The second kappa shape index (κ2) is 6.39. The molecule has 1 atom stereocenters. The van der Waals surface area contributed by atoms with E-state index in [0.717, 1.165) is 32.0 Å². The van der Waals surface area contributed by atoms with E-state index < -0.39 is 0 Å². The van der Waals surface area contributed by atoms with Crippen molar-refractivity contribution in [2.24, 2.45) is 11.8 Å². The molecule has 1 aliphatic carbocycles. The summed E-state index contributed by atoms with van der Waals surface area (Å²) < 4.78 is 0. The van der Waals surface area contributed by atoms with Gasteiger partial charge < -0.3 is 10.2 Å². The highest BCUT2D eigenvalue weighted by Crippen LogP contribution is 2.25. The van der Waals surface area contributed by atoms with Crippen molar-refractivity contribution in [3.05, 3.63) is 0 Å². The van der Waals surface area contributed by atoms with Crippen molar-refractivity contribution in [1.29, 1.82) is 0 Å². The van der Waals surface area contributed by atoms with Crippen molar-refractivity contribution in [3.8, 4) is 0 Å². The van der Waals surface area contributed by atoms with E-state index in [1.165, 1.54) is 38.5 Å². The Morgan fingerprint density at radius 2 is 1.88 bits per heavy atom. The van der Waals surface area contributed by atoms with Crippen LogP contribution in [-0.4, -0.2) is 37.5 Å². The Balaban J connectivity index is 1.70. The molecule has 2 rings (SSSR count). The van der Waals surface area contributed by atoms with Crippen LogP contribution in [0.25, 0.3) is 0 Å². The van der Waals surface area contributed by atoms with Gasteiger partial charge in [-0.1, -0.05) is 12.8 Å². The Bertz CT molecular complexity index is 243. The number of hydrogen-bond acceptors (Lipinski definition) is 2. The Morgan fingerprint density at radius 1 is 1.18 bits per heavy atom. The third-order valence-electron chi connectivity index (χ3n) is 4.29. The van der Waals surface area contributed by atoms with Crippen LogP contribution in [0.15, 0.2) is 0 Å². The Morgan fingerprint density at radius 3 is 2.53 bits per heavy atom. The molecule has 1 saturated heterocycles. The maximum absolute atomic E-state index is 12.1. The molecule has 98 valence electrons. The van der Waals surface area contributed by atoms with E-state index >= 15 is 0 Å². The molecule has 1 aliphatic heterocycles. The highest BCUT2D eigenvalue weighted by Gasteiger charge is 2.22. The zero-order valence-corrected chi connectivity index (χ0v) is 11.1. The molecule has 0 spiro atoms. The summed E-state index contributed by atoms with van der Waals surface area (Å²) in [6.45, 7) is 3.14. The predicted molar refractivity (Wildman–Crippen MR) is 69.8 cm³/mol. The number of hydrogen-bond donors (Lipinski definition) is 1. The van der Waals surface area contributed by atoms with Crippen molar-refractivity contribution >= 4 is 5.91 Å². The summed E-state index contributed by atoms with van der Waals surface area (Å²) in [5.41, 5.74) is 0. The van der Waals surface area contributed by atoms with E-state index in [0.29, 0.717) is 11.8 Å². The van der Waals surface area contributed by atoms with E-state index in [4.69, 9.17) is 0 Å². The third-order valence-corrected chi connectivity index (χ3v) is 4.29. The van der Waals surface area contributed by atoms with Gasteiger partial charge in [0.1, 0.15) is 0 Å². The molecular formula is C14H26N2O. The van der Waals surface area contributed by atoms with E-state index in [-0.39, 0.29) is 0 Å². The van der Waals surface area contributed by atoms with Gasteiger partial charge in [0.2, 0.25) is 5.91 Å². The first-order valence-corrected chi connectivity index (χ1v) is 7.20. The molecule has 1 heterocycles. The summed E-state index contributed by atoms with van der Waals surface area (Å²) in [6, 6.07) is 0. The van der Waals surface area contributed by atoms with Crippen molar-refractivity contribution in [3.63, 3.8) is 0 Å². The fraction of sp³-hybridized carbons (Fsp3) is 0.929. The maximum atomic E-state index is 12.1. The highest BCUT2D eigenvalue weighted by molar-refractivity contribution is 5.76. The zero-order chi connectivity index (χ0) is 12.1. The molecule has 1 N–H and O–H groups in total. The quantitative estimate of drug-likeness (QED) is 0.812. The van der Waals surface area contributed by atoms with Gasteiger partial charge in [0.05, 0.1) is 0 Å². The molecule has 1 unspecified atom stereocenters. The van der Waals surface area contributed by atoms with E-state index in [1.807, 2.05) is 11.9 Å². The summed E-state index contributed by atoms with van der Waals surface area (Å²) in [6.07, 6.45) is 8.56. The lowest BCUT2D eigenvalue weighted by Gasteiger charge is -2.26. The summed E-state index contributed by atoms with van der Waals surface area (Å²) >= 11 is 0. The minimum atomic E-state index is 0.352. The number of piperidine rings is 1. The molecule has 0 aromatic carbocycles. The molecular weight excluding hydrogens is 212 g/mol. The number of carbonyl (C=O) groups is 1. The first kappa shape index (κ1) is 12.9. The minimum Gasteiger partial charge on any atom is -0.345 e. The molecule has 3 heteroatoms. The fourth-order valence-corrected chi connectivity index (χ4v) is 3.18. The summed E-state index contributed by atoms with van der Waals surface area (Å²) in [4.78, 5) is 14.1. The standard InChI is InChI=1S/C14H26N2O/c1-16(11-12-5-2-3-6-12)14(17)9-13-7-4-8-15-10-13/h12-13,15H,2-11H2,1H3.